The summed E-state index contributed by atoms with van der Waals surface area (Å²) in [6.45, 7) is 1.99. The first kappa shape index (κ1) is 18.8. The molecule has 1 N–H and O–H groups in total. The lowest BCUT2D eigenvalue weighted by Gasteiger charge is -2.17. The summed E-state index contributed by atoms with van der Waals surface area (Å²) in [5, 5.41) is 4.10. The molecule has 0 aliphatic carbocycles. The van der Waals surface area contributed by atoms with Crippen molar-refractivity contribution in [3.63, 3.8) is 0 Å². The Balaban J connectivity index is 2.33. The van der Waals surface area contributed by atoms with Gasteiger partial charge >= 0.3 is 5.97 Å². The number of hydrogen-bond donors (Lipinski definition) is 1. The fraction of sp³-hybridized carbons (Fsp3) is 0.200. The van der Waals surface area contributed by atoms with Crippen LogP contribution in [-0.4, -0.2) is 31.8 Å². The SMILES string of the molecule is CCOC(=O)c1cnc2c(OC)cc(OC)c(Cl)c2c1Nc1ccccc1. The number of halogens is 1. The van der Waals surface area contributed by atoms with Crippen LogP contribution < -0.4 is 14.8 Å². The molecule has 140 valence electrons. The van der Waals surface area contributed by atoms with E-state index in [1.54, 1.807) is 13.0 Å². The zero-order chi connectivity index (χ0) is 19.4. The number of fused-ring (bicyclic) bond motifs is 1. The molecule has 6 nitrogen and oxygen atoms in total. The standard InChI is InChI=1S/C20H19ClN2O4/c1-4-27-20(24)13-11-22-19-15(26-3)10-14(25-2)17(21)16(19)18(13)23-12-8-6-5-7-9-12/h5-11H,4H2,1-3H3,(H,22,23). The maximum atomic E-state index is 12.5. The first-order valence-corrected chi connectivity index (χ1v) is 8.70. The molecular formula is C20H19ClN2O4. The van der Waals surface area contributed by atoms with Crippen molar-refractivity contribution in [2.45, 2.75) is 6.92 Å². The highest BCUT2D eigenvalue weighted by Crippen LogP contribution is 2.43. The van der Waals surface area contributed by atoms with Crippen molar-refractivity contribution >= 4 is 39.8 Å². The van der Waals surface area contributed by atoms with Gasteiger partial charge in [0, 0.05) is 18.0 Å². The van der Waals surface area contributed by atoms with Gasteiger partial charge in [-0.25, -0.2) is 4.79 Å². The predicted molar refractivity (Wildman–Crippen MR) is 106 cm³/mol. The number of carbonyl (C=O) groups excluding carboxylic acids is 1. The predicted octanol–water partition coefficient (Wildman–Crippen LogP) is 4.83. The molecule has 1 heterocycles. The second-order valence-corrected chi connectivity index (χ2v) is 5.96. The van der Waals surface area contributed by atoms with Gasteiger partial charge in [-0.1, -0.05) is 29.8 Å². The van der Waals surface area contributed by atoms with Gasteiger partial charge < -0.3 is 19.5 Å². The first-order valence-electron chi connectivity index (χ1n) is 8.33. The van der Waals surface area contributed by atoms with Crippen molar-refractivity contribution < 1.29 is 19.0 Å². The van der Waals surface area contributed by atoms with E-state index in [0.29, 0.717) is 33.1 Å². The van der Waals surface area contributed by atoms with E-state index in [4.69, 9.17) is 25.8 Å². The third-order valence-corrected chi connectivity index (χ3v) is 4.36. The van der Waals surface area contributed by atoms with E-state index in [1.807, 2.05) is 30.3 Å². The van der Waals surface area contributed by atoms with E-state index in [2.05, 4.69) is 10.3 Å². The third-order valence-electron chi connectivity index (χ3n) is 3.99. The zero-order valence-corrected chi connectivity index (χ0v) is 16.0. The molecule has 3 rings (SSSR count). The van der Waals surface area contributed by atoms with E-state index in [9.17, 15) is 4.79 Å². The highest BCUT2D eigenvalue weighted by atomic mass is 35.5. The fourth-order valence-electron chi connectivity index (χ4n) is 2.75. The Kier molecular flexibility index (Phi) is 5.66. The van der Waals surface area contributed by atoms with Gasteiger partial charge in [0.2, 0.25) is 0 Å². The van der Waals surface area contributed by atoms with Gasteiger partial charge in [-0.15, -0.1) is 0 Å². The minimum atomic E-state index is -0.497. The number of nitrogens with one attached hydrogen (secondary N) is 1. The number of methoxy groups -OCH3 is 2. The minimum absolute atomic E-state index is 0.247. The Hall–Kier alpha value is -2.99. The van der Waals surface area contributed by atoms with Crippen molar-refractivity contribution in [2.24, 2.45) is 0 Å². The lowest BCUT2D eigenvalue weighted by molar-refractivity contribution is 0.0527. The molecule has 0 radical (unpaired) electrons. The summed E-state index contributed by atoms with van der Waals surface area (Å²) in [5.41, 5.74) is 2.04. The molecule has 0 aliphatic heterocycles. The van der Waals surface area contributed by atoms with Gasteiger partial charge in [0.05, 0.1) is 36.9 Å². The Morgan fingerprint density at radius 3 is 2.48 bits per heavy atom. The van der Waals surface area contributed by atoms with Gasteiger partial charge in [-0.05, 0) is 19.1 Å². The fourth-order valence-corrected chi connectivity index (χ4v) is 3.06. The number of anilines is 2. The summed E-state index contributed by atoms with van der Waals surface area (Å²) in [6, 6.07) is 11.1. The molecule has 27 heavy (non-hydrogen) atoms. The van der Waals surface area contributed by atoms with Crippen LogP contribution in [0, 0.1) is 0 Å². The molecule has 3 aromatic rings. The molecule has 2 aromatic carbocycles. The van der Waals surface area contributed by atoms with Gasteiger partial charge in [0.1, 0.15) is 22.6 Å². The number of benzene rings is 2. The maximum Gasteiger partial charge on any atom is 0.341 e. The van der Waals surface area contributed by atoms with Gasteiger partial charge in [0.25, 0.3) is 0 Å². The van der Waals surface area contributed by atoms with Crippen LogP contribution in [0.25, 0.3) is 10.9 Å². The molecule has 0 bridgehead atoms. The highest BCUT2D eigenvalue weighted by molar-refractivity contribution is 6.38. The molecule has 0 saturated carbocycles. The highest BCUT2D eigenvalue weighted by Gasteiger charge is 2.23. The van der Waals surface area contributed by atoms with Crippen LogP contribution in [0.3, 0.4) is 0 Å². The van der Waals surface area contributed by atoms with Gasteiger partial charge in [-0.2, -0.15) is 0 Å². The average Bonchev–Trinajstić information content (AvgIpc) is 2.69. The summed E-state index contributed by atoms with van der Waals surface area (Å²) in [4.78, 5) is 16.9. The maximum absolute atomic E-state index is 12.5. The smallest absolute Gasteiger partial charge is 0.341 e. The molecule has 0 aliphatic rings. The second-order valence-electron chi connectivity index (χ2n) is 5.58. The van der Waals surface area contributed by atoms with Crippen LogP contribution in [0.15, 0.2) is 42.6 Å². The molecule has 0 fully saturated rings. The van der Waals surface area contributed by atoms with E-state index < -0.39 is 5.97 Å². The van der Waals surface area contributed by atoms with E-state index in [0.717, 1.165) is 5.69 Å². The molecule has 0 atom stereocenters. The average molecular weight is 387 g/mol. The zero-order valence-electron chi connectivity index (χ0n) is 15.2. The number of esters is 1. The summed E-state index contributed by atoms with van der Waals surface area (Å²) < 4.78 is 16.0. The van der Waals surface area contributed by atoms with Gasteiger partial charge in [-0.3, -0.25) is 4.98 Å². The molecular weight excluding hydrogens is 368 g/mol. The number of aromatic nitrogens is 1. The number of carbonyl (C=O) groups is 1. The largest absolute Gasteiger partial charge is 0.495 e. The number of para-hydroxylation sites is 1. The van der Waals surface area contributed by atoms with Crippen molar-refractivity contribution in [3.05, 3.63) is 53.2 Å². The van der Waals surface area contributed by atoms with E-state index in [-0.39, 0.29) is 12.2 Å². The Morgan fingerprint density at radius 1 is 1.15 bits per heavy atom. The molecule has 1 aromatic heterocycles. The number of rotatable bonds is 6. The van der Waals surface area contributed by atoms with E-state index >= 15 is 0 Å². The van der Waals surface area contributed by atoms with Gasteiger partial charge in [0.15, 0.2) is 0 Å². The monoisotopic (exact) mass is 386 g/mol. The number of nitrogens with zero attached hydrogens (tertiary/aromatic N) is 1. The quantitative estimate of drug-likeness (QED) is 0.612. The molecule has 0 saturated heterocycles. The van der Waals surface area contributed by atoms with Crippen molar-refractivity contribution in [1.29, 1.82) is 0 Å². The van der Waals surface area contributed by atoms with Crippen molar-refractivity contribution in [2.75, 3.05) is 26.1 Å². The van der Waals surface area contributed by atoms with Crippen LogP contribution in [0.1, 0.15) is 17.3 Å². The molecule has 0 unspecified atom stereocenters. The Bertz CT molecular complexity index is 977. The molecule has 0 amide bonds. The van der Waals surface area contributed by atoms with Crippen LogP contribution in [0.5, 0.6) is 11.5 Å². The Labute approximate surface area is 162 Å². The normalized spacial score (nSPS) is 10.5. The summed E-state index contributed by atoms with van der Waals surface area (Å²) in [7, 11) is 3.05. The van der Waals surface area contributed by atoms with Crippen molar-refractivity contribution in [3.8, 4) is 11.5 Å². The molecule has 7 heteroatoms. The van der Waals surface area contributed by atoms with Crippen LogP contribution in [-0.2, 0) is 4.74 Å². The molecule has 0 spiro atoms. The topological polar surface area (TPSA) is 69.7 Å². The van der Waals surface area contributed by atoms with E-state index in [1.165, 1.54) is 20.4 Å². The van der Waals surface area contributed by atoms with Crippen LogP contribution >= 0.6 is 11.6 Å². The summed E-state index contributed by atoms with van der Waals surface area (Å²) in [5.74, 6) is 0.404. The number of hydrogen-bond acceptors (Lipinski definition) is 6. The van der Waals surface area contributed by atoms with Crippen LogP contribution in [0.2, 0.25) is 5.02 Å². The third kappa shape index (κ3) is 3.61. The lowest BCUT2D eigenvalue weighted by atomic mass is 10.1. The Morgan fingerprint density at radius 2 is 1.85 bits per heavy atom. The number of ether oxygens (including phenoxy) is 3. The summed E-state index contributed by atoms with van der Waals surface area (Å²) >= 11 is 6.58. The second kappa shape index (κ2) is 8.14. The summed E-state index contributed by atoms with van der Waals surface area (Å²) in [6.07, 6.45) is 1.46. The number of pyridine rings is 1. The lowest BCUT2D eigenvalue weighted by Crippen LogP contribution is -2.10. The van der Waals surface area contributed by atoms with Crippen molar-refractivity contribution in [1.82, 2.24) is 4.98 Å². The minimum Gasteiger partial charge on any atom is -0.495 e. The van der Waals surface area contributed by atoms with Crippen LogP contribution in [0.4, 0.5) is 11.4 Å². The first-order chi connectivity index (χ1) is 13.1.